The molecule has 0 spiro atoms. The molecule has 1 aromatic carbocycles. The lowest BCUT2D eigenvalue weighted by atomic mass is 9.99. The van der Waals surface area contributed by atoms with Gasteiger partial charge in [-0.25, -0.2) is 4.98 Å². The van der Waals surface area contributed by atoms with Crippen molar-refractivity contribution in [2.75, 3.05) is 32.1 Å². The molecule has 29 heavy (non-hydrogen) atoms. The van der Waals surface area contributed by atoms with Crippen LogP contribution in [0.3, 0.4) is 0 Å². The van der Waals surface area contributed by atoms with Crippen molar-refractivity contribution >= 4 is 35.8 Å². The Morgan fingerprint density at radius 1 is 1.07 bits per heavy atom. The zero-order valence-corrected chi connectivity index (χ0v) is 19.8. The molecule has 1 fully saturated rings. The number of methoxy groups -OCH3 is 1. The van der Waals surface area contributed by atoms with Crippen molar-refractivity contribution in [3.63, 3.8) is 0 Å². The summed E-state index contributed by atoms with van der Waals surface area (Å²) in [5, 5.41) is 6.67. The maximum absolute atomic E-state index is 5.19. The van der Waals surface area contributed by atoms with Crippen LogP contribution in [0.5, 0.6) is 5.75 Å². The van der Waals surface area contributed by atoms with E-state index in [1.165, 1.54) is 18.4 Å². The van der Waals surface area contributed by atoms with E-state index in [-0.39, 0.29) is 24.0 Å². The summed E-state index contributed by atoms with van der Waals surface area (Å²) in [6.07, 6.45) is 4.46. The van der Waals surface area contributed by atoms with E-state index in [1.807, 2.05) is 30.5 Å². The Kier molecular flexibility index (Phi) is 9.50. The lowest BCUT2D eigenvalue weighted by molar-refractivity contribution is 0.414. The topological polar surface area (TPSA) is 61.8 Å². The van der Waals surface area contributed by atoms with E-state index in [9.17, 15) is 0 Å². The lowest BCUT2D eigenvalue weighted by Crippen LogP contribution is -2.36. The molecule has 2 N–H and O–H groups in total. The molecular weight excluding hydrogens is 477 g/mol. The largest absolute Gasteiger partial charge is 0.497 e. The smallest absolute Gasteiger partial charge is 0.191 e. The Labute approximate surface area is 191 Å². The van der Waals surface area contributed by atoms with Crippen LogP contribution in [0.4, 0.5) is 5.82 Å². The van der Waals surface area contributed by atoms with Gasteiger partial charge in [0.1, 0.15) is 11.6 Å². The van der Waals surface area contributed by atoms with E-state index in [4.69, 9.17) is 4.74 Å². The van der Waals surface area contributed by atoms with Crippen LogP contribution >= 0.6 is 24.0 Å². The van der Waals surface area contributed by atoms with Crippen molar-refractivity contribution in [3.05, 3.63) is 53.7 Å². The lowest BCUT2D eigenvalue weighted by Gasteiger charge is -2.31. The number of benzene rings is 1. The Balaban J connectivity index is 0.00000300. The third kappa shape index (κ3) is 7.06. The van der Waals surface area contributed by atoms with E-state index >= 15 is 0 Å². The summed E-state index contributed by atoms with van der Waals surface area (Å²) in [6, 6.07) is 12.3. The Hall–Kier alpha value is -2.03. The molecule has 1 saturated heterocycles. The minimum absolute atomic E-state index is 0. The van der Waals surface area contributed by atoms with Crippen LogP contribution in [0.25, 0.3) is 0 Å². The summed E-state index contributed by atoms with van der Waals surface area (Å²) >= 11 is 0. The van der Waals surface area contributed by atoms with Gasteiger partial charge in [-0.15, -0.1) is 24.0 Å². The maximum Gasteiger partial charge on any atom is 0.191 e. The molecule has 2 heterocycles. The molecule has 1 aliphatic rings. The average Bonchev–Trinajstić information content (AvgIpc) is 2.75. The molecule has 0 unspecified atom stereocenters. The van der Waals surface area contributed by atoms with Crippen LogP contribution in [0.15, 0.2) is 47.6 Å². The zero-order chi connectivity index (χ0) is 19.8. The minimum Gasteiger partial charge on any atom is -0.497 e. The average molecular weight is 509 g/mol. The van der Waals surface area contributed by atoms with Gasteiger partial charge in [0.15, 0.2) is 5.96 Å². The van der Waals surface area contributed by atoms with Crippen molar-refractivity contribution in [2.24, 2.45) is 10.9 Å². The highest BCUT2D eigenvalue weighted by molar-refractivity contribution is 14.0. The van der Waals surface area contributed by atoms with Crippen molar-refractivity contribution in [1.29, 1.82) is 0 Å². The number of rotatable bonds is 6. The molecule has 1 aliphatic heterocycles. The van der Waals surface area contributed by atoms with Crippen LogP contribution in [0.2, 0.25) is 0 Å². The first-order chi connectivity index (χ1) is 13.7. The number of hydrogen-bond acceptors (Lipinski definition) is 4. The van der Waals surface area contributed by atoms with Crippen LogP contribution in [0, 0.1) is 5.92 Å². The second-order valence-corrected chi connectivity index (χ2v) is 7.32. The number of nitrogens with one attached hydrogen (secondary N) is 2. The van der Waals surface area contributed by atoms with Crippen LogP contribution in [-0.4, -0.2) is 38.2 Å². The molecule has 7 heteroatoms. The fourth-order valence-corrected chi connectivity index (χ4v) is 3.28. The van der Waals surface area contributed by atoms with Crippen molar-refractivity contribution < 1.29 is 4.74 Å². The summed E-state index contributed by atoms with van der Waals surface area (Å²) in [6.45, 7) is 5.93. The predicted octanol–water partition coefficient (Wildman–Crippen LogP) is 3.81. The minimum atomic E-state index is 0. The molecule has 0 saturated carbocycles. The SMILES string of the molecule is CN=C(NCc1ccc(OC)cc1)NCc1ccc(N2CCC(C)CC2)nc1.I. The first-order valence-electron chi connectivity index (χ1n) is 9.95. The third-order valence-corrected chi connectivity index (χ3v) is 5.22. The molecule has 6 nitrogen and oxygen atoms in total. The van der Waals surface area contributed by atoms with Gasteiger partial charge in [-0.2, -0.15) is 0 Å². The van der Waals surface area contributed by atoms with E-state index in [0.29, 0.717) is 13.1 Å². The van der Waals surface area contributed by atoms with Crippen molar-refractivity contribution in [2.45, 2.75) is 32.9 Å². The van der Waals surface area contributed by atoms with E-state index in [0.717, 1.165) is 42.1 Å². The molecule has 0 atom stereocenters. The molecule has 1 aromatic heterocycles. The van der Waals surface area contributed by atoms with Gasteiger partial charge in [-0.1, -0.05) is 25.1 Å². The van der Waals surface area contributed by atoms with Crippen molar-refractivity contribution in [1.82, 2.24) is 15.6 Å². The highest BCUT2D eigenvalue weighted by Gasteiger charge is 2.16. The number of nitrogens with zero attached hydrogens (tertiary/aromatic N) is 3. The molecule has 0 radical (unpaired) electrons. The molecule has 2 aromatic rings. The fraction of sp³-hybridized carbons (Fsp3) is 0.455. The Morgan fingerprint density at radius 3 is 2.24 bits per heavy atom. The van der Waals surface area contributed by atoms with Gasteiger partial charge < -0.3 is 20.3 Å². The van der Waals surface area contributed by atoms with Crippen LogP contribution in [0.1, 0.15) is 30.9 Å². The highest BCUT2D eigenvalue weighted by atomic mass is 127. The number of piperidine rings is 1. The molecular formula is C22H32IN5O. The molecule has 0 aliphatic carbocycles. The van der Waals surface area contributed by atoms with Gasteiger partial charge in [0.2, 0.25) is 0 Å². The Morgan fingerprint density at radius 2 is 1.69 bits per heavy atom. The Bertz CT molecular complexity index is 756. The van der Waals surface area contributed by atoms with Gasteiger partial charge in [0.25, 0.3) is 0 Å². The van der Waals surface area contributed by atoms with Gasteiger partial charge in [0, 0.05) is 39.4 Å². The van der Waals surface area contributed by atoms with Gasteiger partial charge >= 0.3 is 0 Å². The van der Waals surface area contributed by atoms with E-state index in [2.05, 4.69) is 44.6 Å². The number of aromatic nitrogens is 1. The highest BCUT2D eigenvalue weighted by Crippen LogP contribution is 2.21. The second-order valence-electron chi connectivity index (χ2n) is 7.32. The summed E-state index contributed by atoms with van der Waals surface area (Å²) in [5.74, 6) is 3.54. The first-order valence-corrected chi connectivity index (χ1v) is 9.95. The van der Waals surface area contributed by atoms with Crippen LogP contribution < -0.4 is 20.3 Å². The van der Waals surface area contributed by atoms with Gasteiger partial charge in [0.05, 0.1) is 7.11 Å². The molecule has 158 valence electrons. The zero-order valence-electron chi connectivity index (χ0n) is 17.5. The first kappa shape index (κ1) is 23.3. The number of halogens is 1. The summed E-state index contributed by atoms with van der Waals surface area (Å²) in [5.41, 5.74) is 2.31. The summed E-state index contributed by atoms with van der Waals surface area (Å²) < 4.78 is 5.19. The predicted molar refractivity (Wildman–Crippen MR) is 130 cm³/mol. The number of pyridine rings is 1. The molecule has 3 rings (SSSR count). The fourth-order valence-electron chi connectivity index (χ4n) is 3.28. The standard InChI is InChI=1S/C22H31N5O.HI/c1-17-10-12-27(13-11-17)21-9-6-19(15-24-21)16-26-22(23-2)25-14-18-4-7-20(28-3)8-5-18;/h4-9,15,17H,10-14,16H2,1-3H3,(H2,23,25,26);1H. The second kappa shape index (κ2) is 11.8. The van der Waals surface area contributed by atoms with Crippen molar-refractivity contribution in [3.8, 4) is 5.75 Å². The third-order valence-electron chi connectivity index (χ3n) is 5.22. The van der Waals surface area contributed by atoms with Crippen LogP contribution in [-0.2, 0) is 13.1 Å². The summed E-state index contributed by atoms with van der Waals surface area (Å²) in [7, 11) is 3.45. The quantitative estimate of drug-likeness (QED) is 0.353. The molecule has 0 amide bonds. The summed E-state index contributed by atoms with van der Waals surface area (Å²) in [4.78, 5) is 11.3. The number of ether oxygens (including phenoxy) is 1. The number of guanidine groups is 1. The number of hydrogen-bond donors (Lipinski definition) is 2. The number of anilines is 1. The maximum atomic E-state index is 5.19. The van der Waals surface area contributed by atoms with E-state index < -0.39 is 0 Å². The number of aliphatic imine (C=N–C) groups is 1. The monoisotopic (exact) mass is 509 g/mol. The van der Waals surface area contributed by atoms with E-state index in [1.54, 1.807) is 14.2 Å². The normalized spacial score (nSPS) is 14.9. The van der Waals surface area contributed by atoms with Gasteiger partial charge in [-0.3, -0.25) is 4.99 Å². The van der Waals surface area contributed by atoms with Gasteiger partial charge in [-0.05, 0) is 48.1 Å². The molecule has 0 bridgehead atoms.